The molecular weight excluding hydrogens is 320 g/mol. The molecule has 0 amide bonds. The van der Waals surface area contributed by atoms with Crippen molar-refractivity contribution < 1.29 is 9.53 Å². The molecule has 0 heterocycles. The number of hydrogen-bond donors (Lipinski definition) is 0. The van der Waals surface area contributed by atoms with Crippen LogP contribution in [0.1, 0.15) is 110 Å². The molecule has 0 aromatic heterocycles. The van der Waals surface area contributed by atoms with Crippen molar-refractivity contribution in [3.8, 4) is 0 Å². The molecule has 150 valence electrons. The van der Waals surface area contributed by atoms with E-state index in [0.717, 1.165) is 49.4 Å². The maximum absolute atomic E-state index is 12.5. The molecule has 2 nitrogen and oxygen atoms in total. The van der Waals surface area contributed by atoms with E-state index in [1.165, 1.54) is 70.6 Å². The van der Waals surface area contributed by atoms with Crippen LogP contribution >= 0.6 is 0 Å². The minimum absolute atomic E-state index is 0.128. The first-order valence-electron chi connectivity index (χ1n) is 11.9. The molecular formula is C24H42O2. The predicted octanol–water partition coefficient (Wildman–Crippen LogP) is 6.91. The molecule has 0 aromatic rings. The fourth-order valence-electron chi connectivity index (χ4n) is 6.10. The Hall–Kier alpha value is -0.530. The normalized spacial score (nSPS) is 38.7. The molecule has 0 radical (unpaired) electrons. The molecule has 0 N–H and O–H groups in total. The largest absolute Gasteiger partial charge is 0.462 e. The van der Waals surface area contributed by atoms with Crippen molar-refractivity contribution in [1.29, 1.82) is 0 Å². The number of ether oxygens (including phenoxy) is 1. The van der Waals surface area contributed by atoms with Crippen LogP contribution in [0.3, 0.4) is 0 Å². The van der Waals surface area contributed by atoms with Gasteiger partial charge < -0.3 is 4.74 Å². The second-order valence-corrected chi connectivity index (χ2v) is 9.67. The molecule has 0 bridgehead atoms. The van der Waals surface area contributed by atoms with Gasteiger partial charge in [-0.1, -0.05) is 46.0 Å². The number of carbonyl (C=O) groups excluding carboxylic acids is 1. The topological polar surface area (TPSA) is 26.3 Å². The minimum Gasteiger partial charge on any atom is -0.462 e. The predicted molar refractivity (Wildman–Crippen MR) is 108 cm³/mol. The number of carbonyl (C=O) groups is 1. The van der Waals surface area contributed by atoms with E-state index in [9.17, 15) is 4.79 Å². The van der Waals surface area contributed by atoms with E-state index in [4.69, 9.17) is 4.74 Å². The first-order valence-corrected chi connectivity index (χ1v) is 11.9. The summed E-state index contributed by atoms with van der Waals surface area (Å²) in [5.41, 5.74) is 0. The van der Waals surface area contributed by atoms with E-state index < -0.39 is 0 Å². The number of hydrogen-bond acceptors (Lipinski definition) is 2. The van der Waals surface area contributed by atoms with Crippen LogP contribution in [-0.4, -0.2) is 12.1 Å². The average Bonchev–Trinajstić information content (AvgIpc) is 2.69. The summed E-state index contributed by atoms with van der Waals surface area (Å²) in [4.78, 5) is 12.5. The van der Waals surface area contributed by atoms with Crippen molar-refractivity contribution in [2.75, 3.05) is 0 Å². The fraction of sp³-hybridized carbons (Fsp3) is 0.958. The minimum atomic E-state index is 0.128. The Bertz CT molecular complexity index is 408. The highest BCUT2D eigenvalue weighted by atomic mass is 16.5. The summed E-state index contributed by atoms with van der Waals surface area (Å²) in [5, 5.41) is 0. The van der Waals surface area contributed by atoms with E-state index in [0.29, 0.717) is 0 Å². The Kier molecular flexibility index (Phi) is 7.88. The monoisotopic (exact) mass is 362 g/mol. The third-order valence-corrected chi connectivity index (χ3v) is 8.01. The summed E-state index contributed by atoms with van der Waals surface area (Å²) in [6.07, 6.45) is 19.5. The van der Waals surface area contributed by atoms with Crippen LogP contribution in [-0.2, 0) is 9.53 Å². The molecule has 0 saturated heterocycles. The van der Waals surface area contributed by atoms with Crippen LogP contribution in [0.5, 0.6) is 0 Å². The lowest BCUT2D eigenvalue weighted by molar-refractivity contribution is -0.157. The van der Waals surface area contributed by atoms with Gasteiger partial charge in [-0.15, -0.1) is 0 Å². The van der Waals surface area contributed by atoms with E-state index in [1.807, 2.05) is 0 Å². The van der Waals surface area contributed by atoms with Gasteiger partial charge >= 0.3 is 5.97 Å². The fourth-order valence-corrected chi connectivity index (χ4v) is 6.10. The lowest BCUT2D eigenvalue weighted by Crippen LogP contribution is -2.32. The Morgan fingerprint density at radius 1 is 0.731 bits per heavy atom. The van der Waals surface area contributed by atoms with Gasteiger partial charge in [0.25, 0.3) is 0 Å². The molecule has 3 aliphatic carbocycles. The Morgan fingerprint density at radius 2 is 1.27 bits per heavy atom. The van der Waals surface area contributed by atoms with Gasteiger partial charge in [0, 0.05) is 0 Å². The summed E-state index contributed by atoms with van der Waals surface area (Å²) in [6.45, 7) is 4.60. The highest BCUT2D eigenvalue weighted by molar-refractivity contribution is 5.72. The lowest BCUT2D eigenvalue weighted by Gasteiger charge is -2.38. The first-order chi connectivity index (χ1) is 12.7. The van der Waals surface area contributed by atoms with Crippen LogP contribution < -0.4 is 0 Å². The number of esters is 1. The second-order valence-electron chi connectivity index (χ2n) is 9.67. The van der Waals surface area contributed by atoms with Crippen LogP contribution in [0.25, 0.3) is 0 Å². The van der Waals surface area contributed by atoms with Gasteiger partial charge in [0.1, 0.15) is 6.10 Å². The van der Waals surface area contributed by atoms with E-state index in [2.05, 4.69) is 13.8 Å². The molecule has 3 saturated carbocycles. The summed E-state index contributed by atoms with van der Waals surface area (Å²) in [5.74, 6) is 4.06. The quantitative estimate of drug-likeness (QED) is 0.480. The smallest absolute Gasteiger partial charge is 0.309 e. The second kappa shape index (κ2) is 10.1. The zero-order chi connectivity index (χ0) is 18.4. The van der Waals surface area contributed by atoms with Gasteiger partial charge in [0.15, 0.2) is 0 Å². The van der Waals surface area contributed by atoms with Crippen molar-refractivity contribution in [2.24, 2.45) is 29.6 Å². The van der Waals surface area contributed by atoms with Crippen molar-refractivity contribution >= 4 is 5.97 Å². The van der Waals surface area contributed by atoms with Crippen LogP contribution in [0, 0.1) is 29.6 Å². The molecule has 3 rings (SSSR count). The maximum Gasteiger partial charge on any atom is 0.309 e. The lowest BCUT2D eigenvalue weighted by atomic mass is 9.70. The molecule has 26 heavy (non-hydrogen) atoms. The SMILES string of the molecule is CCC[C@H]1CC[C@H](C2CCC(OC(=O)[C@H]3CC[C@H](CC)CC3)CC2)CC1. The Morgan fingerprint density at radius 3 is 1.81 bits per heavy atom. The van der Waals surface area contributed by atoms with Gasteiger partial charge in [-0.2, -0.15) is 0 Å². The molecule has 0 unspecified atom stereocenters. The third kappa shape index (κ3) is 5.49. The van der Waals surface area contributed by atoms with Crippen LogP contribution in [0.15, 0.2) is 0 Å². The van der Waals surface area contributed by atoms with Crippen molar-refractivity contribution in [2.45, 2.75) is 116 Å². The molecule has 0 atom stereocenters. The van der Waals surface area contributed by atoms with Crippen LogP contribution in [0.4, 0.5) is 0 Å². The summed E-state index contributed by atoms with van der Waals surface area (Å²) in [7, 11) is 0. The standard InChI is InChI=1S/C24H42O2/c1-3-5-19-8-10-20(11-9-19)21-14-16-23(17-15-21)26-24(25)22-12-6-18(4-2)7-13-22/h18-23H,3-17H2,1-2H3/t18-,19-,20-,21?,22-,23?. The molecule has 0 aromatic carbocycles. The Balaban J connectivity index is 1.34. The highest BCUT2D eigenvalue weighted by Gasteiger charge is 2.33. The van der Waals surface area contributed by atoms with Crippen LogP contribution in [0.2, 0.25) is 0 Å². The number of rotatable bonds is 6. The highest BCUT2D eigenvalue weighted by Crippen LogP contribution is 2.41. The molecule has 0 aliphatic heterocycles. The molecule has 2 heteroatoms. The van der Waals surface area contributed by atoms with E-state index in [-0.39, 0.29) is 18.0 Å². The Labute approximate surface area is 161 Å². The maximum atomic E-state index is 12.5. The van der Waals surface area contributed by atoms with Gasteiger partial charge in [0.2, 0.25) is 0 Å². The molecule has 3 fully saturated rings. The van der Waals surface area contributed by atoms with E-state index >= 15 is 0 Å². The first kappa shape index (κ1) is 20.2. The third-order valence-electron chi connectivity index (χ3n) is 8.01. The van der Waals surface area contributed by atoms with Gasteiger partial charge in [-0.25, -0.2) is 0 Å². The van der Waals surface area contributed by atoms with Crippen molar-refractivity contribution in [3.05, 3.63) is 0 Å². The van der Waals surface area contributed by atoms with Gasteiger partial charge in [0.05, 0.1) is 5.92 Å². The van der Waals surface area contributed by atoms with Crippen molar-refractivity contribution in [3.63, 3.8) is 0 Å². The van der Waals surface area contributed by atoms with Gasteiger partial charge in [-0.3, -0.25) is 4.79 Å². The zero-order valence-electron chi connectivity index (χ0n) is 17.4. The van der Waals surface area contributed by atoms with E-state index in [1.54, 1.807) is 0 Å². The molecule has 0 spiro atoms. The van der Waals surface area contributed by atoms with Crippen molar-refractivity contribution in [1.82, 2.24) is 0 Å². The summed E-state index contributed by atoms with van der Waals surface area (Å²) < 4.78 is 5.95. The zero-order valence-corrected chi connectivity index (χ0v) is 17.4. The summed E-state index contributed by atoms with van der Waals surface area (Å²) in [6, 6.07) is 0. The molecule has 3 aliphatic rings. The summed E-state index contributed by atoms with van der Waals surface area (Å²) >= 11 is 0. The van der Waals surface area contributed by atoms with Gasteiger partial charge in [-0.05, 0) is 87.9 Å². The average molecular weight is 363 g/mol.